The highest BCUT2D eigenvalue weighted by Crippen LogP contribution is 2.41. The predicted molar refractivity (Wildman–Crippen MR) is 124 cm³/mol. The lowest BCUT2D eigenvalue weighted by Crippen LogP contribution is -2.28. The van der Waals surface area contributed by atoms with E-state index in [1.54, 1.807) is 6.07 Å². The van der Waals surface area contributed by atoms with Gasteiger partial charge in [-0.2, -0.15) is 0 Å². The second-order valence-corrected chi connectivity index (χ2v) is 7.74. The van der Waals surface area contributed by atoms with E-state index in [0.717, 1.165) is 42.8 Å². The number of benzene rings is 2. The zero-order chi connectivity index (χ0) is 23.8. The van der Waals surface area contributed by atoms with Crippen LogP contribution in [0.1, 0.15) is 25.3 Å². The first-order chi connectivity index (χ1) is 15.2. The molecule has 2 rings (SSSR count). The SMILES string of the molecule is CCCCN(CCO)c1cc(C)c(N=Nc2c(Br)cc([N+](=O)[O-])cc2[N+](=O)[O-])cc1OC. The zero-order valence-corrected chi connectivity index (χ0v) is 19.5. The van der Waals surface area contributed by atoms with Gasteiger partial charge in [0.25, 0.3) is 5.69 Å². The quantitative estimate of drug-likeness (QED) is 0.235. The number of non-ortho nitro benzene ring substituents is 1. The maximum atomic E-state index is 11.4. The van der Waals surface area contributed by atoms with Crippen LogP contribution in [0.4, 0.5) is 28.4 Å². The maximum absolute atomic E-state index is 11.4. The van der Waals surface area contributed by atoms with Crippen molar-refractivity contribution in [1.29, 1.82) is 0 Å². The van der Waals surface area contributed by atoms with Gasteiger partial charge in [-0.3, -0.25) is 20.2 Å². The van der Waals surface area contributed by atoms with Crippen molar-refractivity contribution in [2.45, 2.75) is 26.7 Å². The third kappa shape index (κ3) is 5.98. The third-order valence-electron chi connectivity index (χ3n) is 4.68. The summed E-state index contributed by atoms with van der Waals surface area (Å²) in [6.45, 7) is 5.08. The predicted octanol–water partition coefficient (Wildman–Crippen LogP) is 5.60. The fourth-order valence-electron chi connectivity index (χ4n) is 3.02. The molecule has 1 N–H and O–H groups in total. The molecule has 0 aliphatic heterocycles. The van der Waals surface area contributed by atoms with Gasteiger partial charge in [-0.1, -0.05) is 13.3 Å². The summed E-state index contributed by atoms with van der Waals surface area (Å²) in [6, 6.07) is 5.50. The minimum Gasteiger partial charge on any atom is -0.495 e. The van der Waals surface area contributed by atoms with Gasteiger partial charge in [0.05, 0.1) is 45.5 Å². The Morgan fingerprint density at radius 2 is 1.84 bits per heavy atom. The normalized spacial score (nSPS) is 11.0. The monoisotopic (exact) mass is 509 g/mol. The molecule has 0 saturated heterocycles. The number of azo groups is 1. The largest absolute Gasteiger partial charge is 0.495 e. The number of halogens is 1. The average Bonchev–Trinajstić information content (AvgIpc) is 2.75. The Hall–Kier alpha value is -3.12. The Labute approximate surface area is 193 Å². The summed E-state index contributed by atoms with van der Waals surface area (Å²) in [4.78, 5) is 23.0. The number of anilines is 1. The second-order valence-electron chi connectivity index (χ2n) is 6.88. The minimum absolute atomic E-state index is 0.00872. The number of nitrogens with zero attached hydrogens (tertiary/aromatic N) is 5. The molecule has 0 spiro atoms. The molecule has 2 aromatic carbocycles. The summed E-state index contributed by atoms with van der Waals surface area (Å²) in [5.74, 6) is 0.520. The smallest absolute Gasteiger partial charge is 0.304 e. The summed E-state index contributed by atoms with van der Waals surface area (Å²) in [6.07, 6.45) is 1.94. The van der Waals surface area contributed by atoms with Crippen LogP contribution < -0.4 is 9.64 Å². The van der Waals surface area contributed by atoms with Crippen molar-refractivity contribution in [2.75, 3.05) is 31.7 Å². The summed E-state index contributed by atoms with van der Waals surface area (Å²) < 4.78 is 5.59. The van der Waals surface area contributed by atoms with E-state index in [1.807, 2.05) is 17.9 Å². The number of unbranched alkanes of at least 4 members (excludes halogenated alkanes) is 1. The van der Waals surface area contributed by atoms with Crippen LogP contribution in [0.2, 0.25) is 0 Å². The van der Waals surface area contributed by atoms with E-state index < -0.39 is 21.2 Å². The van der Waals surface area contributed by atoms with Gasteiger partial charge in [0, 0.05) is 25.2 Å². The van der Waals surface area contributed by atoms with Gasteiger partial charge in [0.15, 0.2) is 5.69 Å². The summed E-state index contributed by atoms with van der Waals surface area (Å²) in [5.41, 5.74) is 0.863. The molecular weight excluding hydrogens is 486 g/mol. The first-order valence-electron chi connectivity index (χ1n) is 9.81. The van der Waals surface area contributed by atoms with Crippen molar-refractivity contribution in [3.63, 3.8) is 0 Å². The minimum atomic E-state index is -0.747. The zero-order valence-electron chi connectivity index (χ0n) is 17.9. The number of methoxy groups -OCH3 is 1. The molecule has 0 fully saturated rings. The molecule has 0 unspecified atom stereocenters. The van der Waals surface area contributed by atoms with Crippen LogP contribution >= 0.6 is 15.9 Å². The van der Waals surface area contributed by atoms with E-state index >= 15 is 0 Å². The van der Waals surface area contributed by atoms with E-state index in [9.17, 15) is 25.3 Å². The van der Waals surface area contributed by atoms with Gasteiger partial charge in [-0.15, -0.1) is 10.2 Å². The number of aliphatic hydroxyl groups is 1. The molecule has 172 valence electrons. The molecular formula is C20H24BrN5O6. The van der Waals surface area contributed by atoms with Crippen LogP contribution in [0.15, 0.2) is 39.0 Å². The highest BCUT2D eigenvalue weighted by Gasteiger charge is 2.23. The van der Waals surface area contributed by atoms with E-state index in [4.69, 9.17) is 4.74 Å². The van der Waals surface area contributed by atoms with Gasteiger partial charge < -0.3 is 14.7 Å². The summed E-state index contributed by atoms with van der Waals surface area (Å²) in [5, 5.41) is 40.0. The maximum Gasteiger partial charge on any atom is 0.304 e. The molecule has 0 aliphatic rings. The number of rotatable bonds is 11. The van der Waals surface area contributed by atoms with Crippen LogP contribution in [0.25, 0.3) is 0 Å². The van der Waals surface area contributed by atoms with Gasteiger partial charge in [0.1, 0.15) is 5.75 Å². The third-order valence-corrected chi connectivity index (χ3v) is 5.29. The Morgan fingerprint density at radius 1 is 1.12 bits per heavy atom. The molecule has 0 radical (unpaired) electrons. The fraction of sp³-hybridized carbons (Fsp3) is 0.400. The molecule has 11 nitrogen and oxygen atoms in total. The fourth-order valence-corrected chi connectivity index (χ4v) is 3.54. The Kier molecular flexibility index (Phi) is 9.02. The van der Waals surface area contributed by atoms with E-state index in [2.05, 4.69) is 33.1 Å². The second kappa shape index (κ2) is 11.5. The van der Waals surface area contributed by atoms with Crippen LogP contribution in [0.3, 0.4) is 0 Å². The molecule has 0 bridgehead atoms. The van der Waals surface area contributed by atoms with Crippen LogP contribution in [0, 0.1) is 27.2 Å². The molecule has 0 heterocycles. The lowest BCUT2D eigenvalue weighted by molar-refractivity contribution is -0.393. The van der Waals surface area contributed by atoms with Crippen molar-refractivity contribution in [1.82, 2.24) is 0 Å². The van der Waals surface area contributed by atoms with Crippen molar-refractivity contribution < 1.29 is 19.7 Å². The number of ether oxygens (including phenoxy) is 1. The first kappa shape index (κ1) is 25.1. The Bertz CT molecular complexity index is 1030. The van der Waals surface area contributed by atoms with Gasteiger partial charge >= 0.3 is 5.69 Å². The van der Waals surface area contributed by atoms with Gasteiger partial charge in [-0.25, -0.2) is 0 Å². The Balaban J connectivity index is 2.50. The lowest BCUT2D eigenvalue weighted by Gasteiger charge is -2.26. The Morgan fingerprint density at radius 3 is 2.41 bits per heavy atom. The summed E-state index contributed by atoms with van der Waals surface area (Å²) in [7, 11) is 1.52. The standard InChI is InChI=1S/C20H24BrN5O6/c1-4-5-6-24(7-8-27)17-9-13(2)16(12-19(17)32-3)22-23-20-15(21)10-14(25(28)29)11-18(20)26(30)31/h9-12,27H,4-8H2,1-3H3. The number of nitro groups is 2. The number of aryl methyl sites for hydroxylation is 1. The molecule has 0 atom stereocenters. The van der Waals surface area contributed by atoms with Crippen molar-refractivity contribution in [3.05, 3.63) is 54.5 Å². The van der Waals surface area contributed by atoms with Gasteiger partial charge in [0.2, 0.25) is 0 Å². The average molecular weight is 510 g/mol. The molecule has 32 heavy (non-hydrogen) atoms. The number of nitro benzene ring substituents is 2. The van der Waals surface area contributed by atoms with E-state index in [0.29, 0.717) is 18.0 Å². The molecule has 0 aliphatic carbocycles. The van der Waals surface area contributed by atoms with Crippen LogP contribution in [-0.4, -0.2) is 41.8 Å². The van der Waals surface area contributed by atoms with Crippen LogP contribution in [-0.2, 0) is 0 Å². The highest BCUT2D eigenvalue weighted by atomic mass is 79.9. The number of aliphatic hydroxyl groups excluding tert-OH is 1. The first-order valence-corrected chi connectivity index (χ1v) is 10.6. The van der Waals surface area contributed by atoms with Crippen LogP contribution in [0.5, 0.6) is 5.75 Å². The van der Waals surface area contributed by atoms with Gasteiger partial charge in [-0.05, 0) is 40.9 Å². The lowest BCUT2D eigenvalue weighted by atomic mass is 10.1. The molecule has 2 aromatic rings. The number of hydrogen-bond donors (Lipinski definition) is 1. The van der Waals surface area contributed by atoms with Crippen molar-refractivity contribution >= 4 is 44.4 Å². The van der Waals surface area contributed by atoms with Crippen molar-refractivity contribution in [2.24, 2.45) is 10.2 Å². The van der Waals surface area contributed by atoms with E-state index in [-0.39, 0.29) is 16.8 Å². The molecule has 0 saturated carbocycles. The highest BCUT2D eigenvalue weighted by molar-refractivity contribution is 9.10. The molecule has 0 aromatic heterocycles. The molecule has 0 amide bonds. The summed E-state index contributed by atoms with van der Waals surface area (Å²) >= 11 is 3.11. The topological polar surface area (TPSA) is 144 Å². The van der Waals surface area contributed by atoms with Crippen molar-refractivity contribution in [3.8, 4) is 5.75 Å². The molecule has 12 heteroatoms. The van der Waals surface area contributed by atoms with E-state index in [1.165, 1.54) is 7.11 Å². The number of hydrogen-bond acceptors (Lipinski definition) is 9.